The topological polar surface area (TPSA) is 49.3 Å². The molecule has 1 atom stereocenters. The van der Waals surface area contributed by atoms with Crippen LogP contribution in [0.2, 0.25) is 0 Å². The lowest BCUT2D eigenvalue weighted by atomic mass is 9.83. The molecule has 1 fully saturated rings. The summed E-state index contributed by atoms with van der Waals surface area (Å²) in [6.45, 7) is 2.02. The lowest BCUT2D eigenvalue weighted by Crippen LogP contribution is -2.39. The first-order valence-electron chi connectivity index (χ1n) is 6.10. The highest BCUT2D eigenvalue weighted by molar-refractivity contribution is 7.08. The van der Waals surface area contributed by atoms with E-state index in [-0.39, 0.29) is 12.5 Å². The largest absolute Gasteiger partial charge is 0.384 e. The highest BCUT2D eigenvalue weighted by atomic mass is 32.1. The quantitative estimate of drug-likeness (QED) is 0.845. The average molecular weight is 253 g/mol. The molecule has 1 unspecified atom stereocenters. The summed E-state index contributed by atoms with van der Waals surface area (Å²) in [6, 6.07) is 1.89. The van der Waals surface area contributed by atoms with Crippen molar-refractivity contribution < 1.29 is 9.90 Å². The predicted octanol–water partition coefficient (Wildman–Crippen LogP) is 2.26. The minimum Gasteiger partial charge on any atom is -0.384 e. The van der Waals surface area contributed by atoms with Crippen molar-refractivity contribution >= 4 is 17.2 Å². The van der Waals surface area contributed by atoms with Gasteiger partial charge in [-0.25, -0.2) is 0 Å². The minimum absolute atomic E-state index is 0.0604. The van der Waals surface area contributed by atoms with E-state index in [0.717, 1.165) is 5.56 Å². The highest BCUT2D eigenvalue weighted by Gasteiger charge is 2.25. The highest BCUT2D eigenvalue weighted by Crippen LogP contribution is 2.29. The summed E-state index contributed by atoms with van der Waals surface area (Å²) in [5.74, 6) is 0.631. The third-order valence-corrected chi connectivity index (χ3v) is 4.15. The van der Waals surface area contributed by atoms with Crippen LogP contribution in [0, 0.1) is 5.92 Å². The minimum atomic E-state index is -0.963. The summed E-state index contributed by atoms with van der Waals surface area (Å²) in [6.07, 6.45) is 4.22. The Bertz CT molecular complexity index is 369. The normalized spacial score (nSPS) is 19.4. The van der Waals surface area contributed by atoms with Crippen LogP contribution < -0.4 is 5.32 Å². The third-order valence-electron chi connectivity index (χ3n) is 3.47. The van der Waals surface area contributed by atoms with Crippen molar-refractivity contribution in [1.29, 1.82) is 0 Å². The molecule has 0 aromatic carbocycles. The van der Waals surface area contributed by atoms with Gasteiger partial charge in [0.05, 0.1) is 6.54 Å². The third kappa shape index (κ3) is 3.30. The van der Waals surface area contributed by atoms with Crippen LogP contribution in [0.3, 0.4) is 0 Å². The molecule has 1 saturated carbocycles. The summed E-state index contributed by atoms with van der Waals surface area (Å²) in [4.78, 5) is 11.6. The maximum Gasteiger partial charge on any atom is 0.220 e. The maximum absolute atomic E-state index is 11.6. The van der Waals surface area contributed by atoms with E-state index in [1.807, 2.05) is 16.8 Å². The second-order valence-corrected chi connectivity index (χ2v) is 5.84. The van der Waals surface area contributed by atoms with Crippen molar-refractivity contribution in [3.05, 3.63) is 22.4 Å². The zero-order valence-electron chi connectivity index (χ0n) is 10.1. The number of hydrogen-bond acceptors (Lipinski definition) is 3. The summed E-state index contributed by atoms with van der Waals surface area (Å²) >= 11 is 1.55. The molecular weight excluding hydrogens is 234 g/mol. The van der Waals surface area contributed by atoms with Crippen LogP contribution in [-0.2, 0) is 10.4 Å². The van der Waals surface area contributed by atoms with Gasteiger partial charge in [0.15, 0.2) is 0 Å². The SMILES string of the molecule is CC(O)(CNC(=O)CC1CCC1)c1ccsc1. The van der Waals surface area contributed by atoms with E-state index in [1.54, 1.807) is 18.3 Å². The van der Waals surface area contributed by atoms with Gasteiger partial charge in [-0.3, -0.25) is 4.79 Å². The van der Waals surface area contributed by atoms with Crippen molar-refractivity contribution in [2.75, 3.05) is 6.54 Å². The van der Waals surface area contributed by atoms with Gasteiger partial charge in [-0.15, -0.1) is 0 Å². The molecule has 1 aliphatic rings. The first-order chi connectivity index (χ1) is 8.08. The molecule has 0 saturated heterocycles. The molecule has 1 aromatic rings. The molecular formula is C13H19NO2S. The Labute approximate surface area is 106 Å². The summed E-state index contributed by atoms with van der Waals surface area (Å²) in [5, 5.41) is 16.9. The van der Waals surface area contributed by atoms with Gasteiger partial charge in [0.2, 0.25) is 5.91 Å². The Balaban J connectivity index is 1.78. The Morgan fingerprint density at radius 2 is 2.41 bits per heavy atom. The van der Waals surface area contributed by atoms with Gasteiger partial charge in [0, 0.05) is 6.42 Å². The number of rotatable bonds is 5. The molecule has 1 amide bonds. The van der Waals surface area contributed by atoms with Crippen LogP contribution in [-0.4, -0.2) is 17.6 Å². The molecule has 0 aliphatic heterocycles. The van der Waals surface area contributed by atoms with Crippen LogP contribution in [0.25, 0.3) is 0 Å². The number of hydrogen-bond donors (Lipinski definition) is 2. The molecule has 0 bridgehead atoms. The van der Waals surface area contributed by atoms with Crippen molar-refractivity contribution in [2.24, 2.45) is 5.92 Å². The van der Waals surface area contributed by atoms with E-state index < -0.39 is 5.60 Å². The molecule has 1 heterocycles. The fourth-order valence-corrected chi connectivity index (χ4v) is 2.76. The van der Waals surface area contributed by atoms with Crippen molar-refractivity contribution in [3.8, 4) is 0 Å². The lowest BCUT2D eigenvalue weighted by Gasteiger charge is -2.26. The number of aliphatic hydroxyl groups is 1. The Morgan fingerprint density at radius 3 is 2.94 bits per heavy atom. The first-order valence-corrected chi connectivity index (χ1v) is 7.04. The van der Waals surface area contributed by atoms with Crippen molar-refractivity contribution in [3.63, 3.8) is 0 Å². The van der Waals surface area contributed by atoms with E-state index >= 15 is 0 Å². The Hall–Kier alpha value is -0.870. The van der Waals surface area contributed by atoms with Gasteiger partial charge in [0.25, 0.3) is 0 Å². The monoisotopic (exact) mass is 253 g/mol. The summed E-state index contributed by atoms with van der Waals surface area (Å²) in [7, 11) is 0. The van der Waals surface area contributed by atoms with E-state index in [2.05, 4.69) is 5.32 Å². The van der Waals surface area contributed by atoms with Crippen LogP contribution in [0.4, 0.5) is 0 Å². The molecule has 94 valence electrons. The smallest absolute Gasteiger partial charge is 0.220 e. The first kappa shape index (κ1) is 12.6. The molecule has 0 radical (unpaired) electrons. The molecule has 0 spiro atoms. The number of carbonyl (C=O) groups excluding carboxylic acids is 1. The zero-order chi connectivity index (χ0) is 12.3. The second kappa shape index (κ2) is 5.19. The van der Waals surface area contributed by atoms with Crippen LogP contribution >= 0.6 is 11.3 Å². The van der Waals surface area contributed by atoms with Crippen LogP contribution in [0.5, 0.6) is 0 Å². The van der Waals surface area contributed by atoms with Gasteiger partial charge in [-0.05, 0) is 48.1 Å². The van der Waals surface area contributed by atoms with E-state index in [1.165, 1.54) is 19.3 Å². The maximum atomic E-state index is 11.6. The van der Waals surface area contributed by atoms with E-state index in [4.69, 9.17) is 0 Å². The van der Waals surface area contributed by atoms with E-state index in [0.29, 0.717) is 12.3 Å². The fraction of sp³-hybridized carbons (Fsp3) is 0.615. The average Bonchev–Trinajstić information content (AvgIpc) is 2.74. The standard InChI is InChI=1S/C13H19NO2S/c1-13(16,11-5-6-17-8-11)9-14-12(15)7-10-3-2-4-10/h5-6,8,10,16H,2-4,7,9H2,1H3,(H,14,15). The van der Waals surface area contributed by atoms with Crippen LogP contribution in [0.1, 0.15) is 38.2 Å². The molecule has 1 aliphatic carbocycles. The van der Waals surface area contributed by atoms with Gasteiger partial charge in [-0.2, -0.15) is 11.3 Å². The molecule has 2 rings (SSSR count). The Morgan fingerprint density at radius 1 is 1.65 bits per heavy atom. The van der Waals surface area contributed by atoms with Gasteiger partial charge in [0.1, 0.15) is 5.60 Å². The lowest BCUT2D eigenvalue weighted by molar-refractivity contribution is -0.123. The molecule has 1 aromatic heterocycles. The number of carbonyl (C=O) groups is 1. The van der Waals surface area contributed by atoms with Crippen LogP contribution in [0.15, 0.2) is 16.8 Å². The summed E-state index contributed by atoms with van der Waals surface area (Å²) < 4.78 is 0. The second-order valence-electron chi connectivity index (χ2n) is 5.06. The molecule has 3 nitrogen and oxygen atoms in total. The summed E-state index contributed by atoms with van der Waals surface area (Å²) in [5.41, 5.74) is -0.0959. The molecule has 4 heteroatoms. The number of thiophene rings is 1. The van der Waals surface area contributed by atoms with Crippen molar-refractivity contribution in [1.82, 2.24) is 5.32 Å². The number of nitrogens with one attached hydrogen (secondary N) is 1. The molecule has 2 N–H and O–H groups in total. The zero-order valence-corrected chi connectivity index (χ0v) is 10.9. The fourth-order valence-electron chi connectivity index (χ4n) is 1.97. The molecule has 17 heavy (non-hydrogen) atoms. The van der Waals surface area contributed by atoms with Gasteiger partial charge >= 0.3 is 0 Å². The number of amides is 1. The Kier molecular flexibility index (Phi) is 3.84. The van der Waals surface area contributed by atoms with Crippen molar-refractivity contribution in [2.45, 2.75) is 38.2 Å². The van der Waals surface area contributed by atoms with Gasteiger partial charge < -0.3 is 10.4 Å². The van der Waals surface area contributed by atoms with E-state index in [9.17, 15) is 9.90 Å². The van der Waals surface area contributed by atoms with Gasteiger partial charge in [-0.1, -0.05) is 6.42 Å². The predicted molar refractivity (Wildman–Crippen MR) is 68.9 cm³/mol.